The van der Waals surface area contributed by atoms with Gasteiger partial charge in [-0.3, -0.25) is 15.0 Å². The molecule has 37 nitrogen and oxygen atoms in total. The summed E-state index contributed by atoms with van der Waals surface area (Å²) in [5.74, 6) is 8.75. The number of nitrogens with zero attached hydrogens (tertiary/aromatic N) is 24. The molecule has 0 bridgehead atoms. The highest BCUT2D eigenvalue weighted by molar-refractivity contribution is 9.11. The molecule has 4 unspecified atom stereocenters. The first-order valence-electron chi connectivity index (χ1n) is 45.9. The van der Waals surface area contributed by atoms with Crippen molar-refractivity contribution in [3.8, 4) is 0 Å². The number of fused-ring (bicyclic) bond motifs is 5. The molecule has 4 aliphatic heterocycles. The molecule has 6 atom stereocenters. The average molecular weight is 2160 g/mol. The van der Waals surface area contributed by atoms with Crippen molar-refractivity contribution in [3.63, 3.8) is 0 Å². The molecule has 5 aliphatic rings. The summed E-state index contributed by atoms with van der Waals surface area (Å²) in [5.41, 5.74) is 8.80. The summed E-state index contributed by atoms with van der Waals surface area (Å²) in [5, 5.41) is 114. The molecule has 4 saturated heterocycles. The number of piperidine rings is 4. The van der Waals surface area contributed by atoms with Gasteiger partial charge in [0.2, 0.25) is 0 Å². The topological polar surface area (TPSA) is 430 Å². The van der Waals surface area contributed by atoms with Crippen LogP contribution in [0.25, 0.3) is 28.2 Å². The van der Waals surface area contributed by atoms with Crippen molar-refractivity contribution >= 4 is 166 Å². The summed E-state index contributed by atoms with van der Waals surface area (Å²) >= 11 is 17.7. The molecule has 1 saturated carbocycles. The minimum absolute atomic E-state index is 0.0804. The lowest BCUT2D eigenvalue weighted by Crippen LogP contribution is -2.42. The Morgan fingerprint density at radius 3 is 0.963 bits per heavy atom. The Labute approximate surface area is 822 Å². The number of aliphatic hydroxyl groups is 5. The van der Waals surface area contributed by atoms with E-state index in [-0.39, 0.29) is 63.1 Å². The van der Waals surface area contributed by atoms with E-state index in [0.717, 1.165) is 256 Å². The minimum Gasteiger partial charge on any atom is -0.619 e. The number of anilines is 10. The third-order valence-electron chi connectivity index (χ3n) is 24.8. The highest BCUT2D eigenvalue weighted by Gasteiger charge is 2.32. The van der Waals surface area contributed by atoms with Crippen LogP contribution in [0.15, 0.2) is 206 Å². The van der Waals surface area contributed by atoms with E-state index in [0.29, 0.717) is 44.4 Å². The van der Waals surface area contributed by atoms with Gasteiger partial charge in [0.1, 0.15) is 58.2 Å². The van der Waals surface area contributed by atoms with Crippen molar-refractivity contribution in [1.82, 2.24) is 87.9 Å². The molecule has 0 aromatic carbocycles. The fraction of sp³-hybridized carbons (Fsp3) is 0.409. The van der Waals surface area contributed by atoms with E-state index in [1.807, 2.05) is 95.9 Å². The number of nitrogens with one attached hydrogen (secondary N) is 6. The summed E-state index contributed by atoms with van der Waals surface area (Å²) in [6.07, 6.45) is 44.7. The molecular weight excluding hydrogens is 2050 g/mol. The first-order valence-corrected chi connectivity index (χ1v) is 49.8. The van der Waals surface area contributed by atoms with E-state index in [9.17, 15) is 35.9 Å². The van der Waals surface area contributed by atoms with Gasteiger partial charge in [0.15, 0.2) is 53.0 Å². The van der Waals surface area contributed by atoms with E-state index in [4.69, 9.17) is 24.9 Å². The van der Waals surface area contributed by atoms with Crippen molar-refractivity contribution in [1.29, 1.82) is 0 Å². The van der Waals surface area contributed by atoms with Gasteiger partial charge >= 0.3 is 0 Å². The van der Waals surface area contributed by atoms with Crippen LogP contribution in [0.4, 0.5) is 58.2 Å². The van der Waals surface area contributed by atoms with Crippen LogP contribution in [0.5, 0.6) is 0 Å². The number of hydrogen-bond acceptors (Lipinski definition) is 30. The van der Waals surface area contributed by atoms with Crippen LogP contribution in [-0.2, 0) is 32.7 Å². The summed E-state index contributed by atoms with van der Waals surface area (Å²) in [4.78, 5) is 45.4. The molecule has 19 heterocycles. The molecule has 5 fully saturated rings. The van der Waals surface area contributed by atoms with Crippen molar-refractivity contribution in [2.75, 3.05) is 111 Å². The SMILES string of the molecule is OCC1CCCCN1c1cc(NCc2cccnc2)n2ncc(Br)c2n1.OCCC1CCCCN1c1cc(NCc2cccnc2)n2ncc(Br)c2n1.OC[C@H]1CCCC[C@H]1Nc1cc(NCc2cccnc2)n2ncc(Br)c2n1.[O-][n+]1cccc(CNc2cc(N3CCCCC3CCO)nc3c(Br)cnn23)c1.[O-][n+]1cccc(CNc2cc(N3CCCCC3CO)nc3c(Br)cnn23)c1. The minimum atomic E-state index is 0.0804. The maximum absolute atomic E-state index is 11.5. The van der Waals surface area contributed by atoms with Gasteiger partial charge in [-0.15, -0.1) is 0 Å². The first-order chi connectivity index (χ1) is 66.1. The van der Waals surface area contributed by atoms with E-state index in [2.05, 4.69) is 178 Å². The van der Waals surface area contributed by atoms with Crippen LogP contribution >= 0.6 is 79.6 Å². The summed E-state index contributed by atoms with van der Waals surface area (Å²) in [6, 6.07) is 30.2. The predicted octanol–water partition coefficient (Wildman–Crippen LogP) is 14.1. The maximum Gasteiger partial charge on any atom is 0.185 e. The van der Waals surface area contributed by atoms with Crippen molar-refractivity contribution in [2.45, 2.75) is 179 Å². The fourth-order valence-electron chi connectivity index (χ4n) is 17.9. The van der Waals surface area contributed by atoms with Crippen LogP contribution < -0.4 is 61.0 Å². The zero-order valence-corrected chi connectivity index (χ0v) is 82.5. The van der Waals surface area contributed by atoms with Crippen molar-refractivity contribution in [3.05, 3.63) is 245 Å². The highest BCUT2D eigenvalue weighted by Crippen LogP contribution is 2.37. The lowest BCUT2D eigenvalue weighted by atomic mass is 9.85. The molecule has 710 valence electrons. The molecule has 11 N–H and O–H groups in total. The lowest BCUT2D eigenvalue weighted by Gasteiger charge is -2.36. The van der Waals surface area contributed by atoms with E-state index in [1.165, 1.54) is 44.3 Å². The smallest absolute Gasteiger partial charge is 0.185 e. The number of aromatic nitrogens is 20. The quantitative estimate of drug-likeness (QED) is 0.0160. The lowest BCUT2D eigenvalue weighted by molar-refractivity contribution is -0.606. The molecule has 20 rings (SSSR count). The number of rotatable bonds is 28. The third kappa shape index (κ3) is 24.6. The molecule has 42 heteroatoms. The Bertz CT molecular complexity index is 6340. The molecular formula is C93H111Br5N30O7. The Kier molecular flexibility index (Phi) is 34.0. The number of hydrogen-bond donors (Lipinski definition) is 11. The summed E-state index contributed by atoms with van der Waals surface area (Å²) < 4.78 is 14.7. The third-order valence-corrected chi connectivity index (χ3v) is 27.6. The zero-order chi connectivity index (χ0) is 93.5. The van der Waals surface area contributed by atoms with Gasteiger partial charge in [0.05, 0.1) is 78.6 Å². The Balaban J connectivity index is 0.000000123. The molecule has 15 aromatic rings. The van der Waals surface area contributed by atoms with Gasteiger partial charge in [0, 0.05) is 194 Å². The number of pyridine rings is 5. The van der Waals surface area contributed by atoms with E-state index in [1.54, 1.807) is 86.0 Å². The molecule has 1 aliphatic carbocycles. The van der Waals surface area contributed by atoms with Crippen LogP contribution in [0, 0.1) is 16.3 Å². The highest BCUT2D eigenvalue weighted by atomic mass is 79.9. The van der Waals surface area contributed by atoms with Gasteiger partial charge < -0.3 is 87.4 Å². The second-order valence-electron chi connectivity index (χ2n) is 33.9. The normalized spacial score (nSPS) is 17.9. The van der Waals surface area contributed by atoms with Gasteiger partial charge in [-0.05, 0) is 229 Å². The predicted molar refractivity (Wildman–Crippen MR) is 538 cm³/mol. The number of halogens is 5. The Hall–Kier alpha value is -11.3. The zero-order valence-electron chi connectivity index (χ0n) is 74.6. The Morgan fingerprint density at radius 2 is 0.644 bits per heavy atom. The largest absolute Gasteiger partial charge is 0.619 e. The Morgan fingerprint density at radius 1 is 0.341 bits per heavy atom. The average Bonchev–Trinajstić information content (AvgIpc) is 1.72. The van der Waals surface area contributed by atoms with Gasteiger partial charge in [-0.2, -0.15) is 57.5 Å². The molecule has 0 amide bonds. The second kappa shape index (κ2) is 47.4. The standard InChI is InChI=1S/C19H23BrN6O2.2C19H23BrN6O.C18H21BrN6O2.C18H21BrN6O/c20-16-12-22-26-17(21-11-14-4-3-7-24(28)13-14)10-18(23-19(16)26)25-8-2-1-5-15(25)6-9-27;20-16-13-23-26-17(22-12-14-4-3-7-21-11-14)10-18(24-19(16)26)25-8-2-1-5-15(25)6-9-27;20-15-11-23-26-18(22-10-13-4-3-7-21-9-13)8-17(25-19(15)26)24-16-6-2-1-5-14(16)12-27;19-15-10-21-25-16(20-9-13-4-3-6-23(27)11-13)8-17(22-18(15)25)24-7-2-1-5-14(24)12-26;19-15-11-22-25-16(21-10-13-4-3-6-20-9-13)8-17(23-18(15)25)24-7-2-1-5-14(24)12-26/h3-4,7,10,12-13,15,21,27H,1-2,5-6,8-9,11H2;3-4,7,10-11,13,15,22,27H,1-2,5-6,8-9,12H2;3-4,7-9,11,14,16,22,27H,1-2,5-6,10,12H2,(H,24,25);3-4,6,8,10-11,14,20,26H,1-2,5,7,9,12H2;3-4,6,8-9,11,14,21,26H,1-2,5,7,10,12H2/t;;14-,16-;;/m..1../s1. The summed E-state index contributed by atoms with van der Waals surface area (Å²) in [7, 11) is 0. The number of aliphatic hydroxyl groups excluding tert-OH is 5. The fourth-order valence-corrected chi connectivity index (χ4v) is 19.6. The summed E-state index contributed by atoms with van der Waals surface area (Å²) in [6.45, 7) is 7.44. The molecule has 0 radical (unpaired) electrons. The van der Waals surface area contributed by atoms with Crippen LogP contribution in [0.3, 0.4) is 0 Å². The maximum atomic E-state index is 11.5. The van der Waals surface area contributed by atoms with Gasteiger partial charge in [-0.1, -0.05) is 31.0 Å². The van der Waals surface area contributed by atoms with Crippen molar-refractivity contribution in [2.24, 2.45) is 5.92 Å². The molecule has 15 aromatic heterocycles. The second-order valence-corrected chi connectivity index (χ2v) is 38.2. The van der Waals surface area contributed by atoms with Gasteiger partial charge in [-0.25, -0.2) is 24.9 Å². The molecule has 135 heavy (non-hydrogen) atoms. The van der Waals surface area contributed by atoms with Crippen LogP contribution in [0.2, 0.25) is 0 Å². The van der Waals surface area contributed by atoms with Gasteiger partial charge in [0.25, 0.3) is 0 Å². The molecule has 0 spiro atoms. The first kappa shape index (κ1) is 96.8. The van der Waals surface area contributed by atoms with E-state index >= 15 is 0 Å². The van der Waals surface area contributed by atoms with Crippen molar-refractivity contribution < 1.29 is 35.0 Å². The monoisotopic (exact) mass is 2150 g/mol. The van der Waals surface area contributed by atoms with Crippen LogP contribution in [0.1, 0.15) is 143 Å². The van der Waals surface area contributed by atoms with Crippen LogP contribution in [-0.4, -0.2) is 203 Å². The van der Waals surface area contributed by atoms with E-state index < -0.39 is 0 Å².